The highest BCUT2D eigenvalue weighted by molar-refractivity contribution is 7.10. The maximum absolute atomic E-state index is 14.0. The van der Waals surface area contributed by atoms with Gasteiger partial charge in [0.15, 0.2) is 0 Å². The van der Waals surface area contributed by atoms with Gasteiger partial charge in [-0.2, -0.15) is 0 Å². The lowest BCUT2D eigenvalue weighted by atomic mass is 9.97. The number of likely N-dealkylation sites (tertiary alicyclic amines) is 1. The second kappa shape index (κ2) is 12.7. The van der Waals surface area contributed by atoms with Crippen molar-refractivity contribution >= 4 is 28.8 Å². The Morgan fingerprint density at radius 3 is 2.64 bits per heavy atom. The van der Waals surface area contributed by atoms with Gasteiger partial charge in [-0.15, -0.1) is 11.3 Å². The van der Waals surface area contributed by atoms with Crippen molar-refractivity contribution < 1.29 is 28.2 Å². The topological polar surface area (TPSA) is 90.0 Å². The Labute approximate surface area is 197 Å². The molecule has 0 unspecified atom stereocenters. The molecule has 0 atom stereocenters. The maximum Gasteiger partial charge on any atom is 0.275 e. The highest BCUT2D eigenvalue weighted by Crippen LogP contribution is 2.30. The number of aryl methyl sites for hydroxylation is 1. The molecule has 1 aliphatic heterocycles. The molecule has 0 saturated carbocycles. The van der Waals surface area contributed by atoms with Crippen molar-refractivity contribution in [1.29, 1.82) is 0 Å². The van der Waals surface area contributed by atoms with E-state index in [1.54, 1.807) is 36.4 Å². The SMILES string of the molecule is COCCOCCOCC(=O)N1CCC(c2nc(C(=O)Nc3ccc(C)cc3F)cs2)CC1. The van der Waals surface area contributed by atoms with Crippen LogP contribution in [0.1, 0.15) is 39.8 Å². The van der Waals surface area contributed by atoms with Crippen LogP contribution in [0.4, 0.5) is 10.1 Å². The minimum absolute atomic E-state index is 0.0371. The van der Waals surface area contributed by atoms with Crippen LogP contribution < -0.4 is 5.32 Å². The molecule has 10 heteroatoms. The summed E-state index contributed by atoms with van der Waals surface area (Å²) in [6.45, 7) is 4.88. The summed E-state index contributed by atoms with van der Waals surface area (Å²) in [5.41, 5.74) is 1.19. The number of thiazole rings is 1. The van der Waals surface area contributed by atoms with Gasteiger partial charge in [-0.3, -0.25) is 9.59 Å². The third-order valence-corrected chi connectivity index (χ3v) is 6.36. The summed E-state index contributed by atoms with van der Waals surface area (Å²) in [5, 5.41) is 5.13. The van der Waals surface area contributed by atoms with Crippen LogP contribution in [0, 0.1) is 12.7 Å². The zero-order valence-electron chi connectivity index (χ0n) is 19.0. The first-order valence-corrected chi connectivity index (χ1v) is 11.8. The van der Waals surface area contributed by atoms with E-state index in [0.29, 0.717) is 39.5 Å². The molecule has 33 heavy (non-hydrogen) atoms. The fraction of sp³-hybridized carbons (Fsp3) is 0.522. The average molecular weight is 480 g/mol. The number of nitrogens with one attached hydrogen (secondary N) is 1. The molecule has 0 spiro atoms. The number of benzene rings is 1. The normalized spacial score (nSPS) is 14.5. The molecule has 2 heterocycles. The highest BCUT2D eigenvalue weighted by atomic mass is 32.1. The van der Waals surface area contributed by atoms with Crippen molar-refractivity contribution in [1.82, 2.24) is 9.88 Å². The first kappa shape index (κ1) is 25.2. The van der Waals surface area contributed by atoms with Gasteiger partial charge in [0.2, 0.25) is 5.91 Å². The number of piperidine rings is 1. The van der Waals surface area contributed by atoms with E-state index in [1.165, 1.54) is 17.4 Å². The second-order valence-electron chi connectivity index (χ2n) is 7.82. The number of halogens is 1. The number of amides is 2. The monoisotopic (exact) mass is 479 g/mol. The molecular formula is C23H30FN3O5S. The van der Waals surface area contributed by atoms with Crippen LogP contribution in [0.15, 0.2) is 23.6 Å². The van der Waals surface area contributed by atoms with E-state index in [4.69, 9.17) is 14.2 Å². The zero-order chi connectivity index (χ0) is 23.6. The second-order valence-corrected chi connectivity index (χ2v) is 8.71. The van der Waals surface area contributed by atoms with Crippen molar-refractivity contribution in [3.63, 3.8) is 0 Å². The summed E-state index contributed by atoms with van der Waals surface area (Å²) >= 11 is 1.42. The number of nitrogens with zero attached hydrogens (tertiary/aromatic N) is 2. The van der Waals surface area contributed by atoms with Gasteiger partial charge >= 0.3 is 0 Å². The van der Waals surface area contributed by atoms with Crippen LogP contribution in [0.25, 0.3) is 0 Å². The van der Waals surface area contributed by atoms with Crippen molar-refractivity contribution in [2.45, 2.75) is 25.7 Å². The van der Waals surface area contributed by atoms with Gasteiger partial charge in [-0.05, 0) is 37.5 Å². The molecule has 1 saturated heterocycles. The average Bonchev–Trinajstić information content (AvgIpc) is 3.31. The van der Waals surface area contributed by atoms with E-state index >= 15 is 0 Å². The molecule has 0 aliphatic carbocycles. The van der Waals surface area contributed by atoms with Crippen LogP contribution in [0.2, 0.25) is 0 Å². The van der Waals surface area contributed by atoms with E-state index in [0.717, 1.165) is 23.4 Å². The fourth-order valence-electron chi connectivity index (χ4n) is 3.48. The van der Waals surface area contributed by atoms with Crippen LogP contribution in [0.5, 0.6) is 0 Å². The quantitative estimate of drug-likeness (QED) is 0.498. The van der Waals surface area contributed by atoms with Crippen LogP contribution in [-0.4, -0.2) is 74.9 Å². The summed E-state index contributed by atoms with van der Waals surface area (Å²) in [6, 6.07) is 4.65. The number of methoxy groups -OCH3 is 1. The molecule has 3 rings (SSSR count). The molecule has 180 valence electrons. The van der Waals surface area contributed by atoms with Crippen LogP contribution in [0.3, 0.4) is 0 Å². The molecule has 1 N–H and O–H groups in total. The summed E-state index contributed by atoms with van der Waals surface area (Å²) in [7, 11) is 1.61. The number of anilines is 1. The predicted octanol–water partition coefficient (Wildman–Crippen LogP) is 3.23. The van der Waals surface area contributed by atoms with Crippen molar-refractivity contribution in [2.75, 3.05) is 58.6 Å². The maximum atomic E-state index is 14.0. The summed E-state index contributed by atoms with van der Waals surface area (Å²) in [4.78, 5) is 31.1. The molecule has 0 radical (unpaired) electrons. The van der Waals surface area contributed by atoms with Gasteiger partial charge in [0, 0.05) is 31.5 Å². The predicted molar refractivity (Wildman–Crippen MR) is 123 cm³/mol. The van der Waals surface area contributed by atoms with Gasteiger partial charge in [0.25, 0.3) is 5.91 Å². The summed E-state index contributed by atoms with van der Waals surface area (Å²) in [5.74, 6) is -0.758. The molecule has 2 amide bonds. The Bertz CT molecular complexity index is 931. The van der Waals surface area contributed by atoms with E-state index < -0.39 is 11.7 Å². The number of carbonyl (C=O) groups is 2. The standard InChI is InChI=1S/C23H30FN3O5S/c1-16-3-4-19(18(24)13-16)25-22(29)20-15-33-23(26-20)17-5-7-27(8-6-17)21(28)14-32-12-11-31-10-9-30-2/h3-4,13,15,17H,5-12,14H2,1-2H3,(H,25,29). The minimum atomic E-state index is -0.474. The third-order valence-electron chi connectivity index (χ3n) is 5.35. The number of aromatic nitrogens is 1. The van der Waals surface area contributed by atoms with Crippen LogP contribution >= 0.6 is 11.3 Å². The summed E-state index contributed by atoms with van der Waals surface area (Å²) < 4.78 is 29.6. The molecule has 1 fully saturated rings. The van der Waals surface area contributed by atoms with Gasteiger partial charge in [-0.25, -0.2) is 9.37 Å². The first-order chi connectivity index (χ1) is 16.0. The number of hydrogen-bond donors (Lipinski definition) is 1. The molecule has 2 aromatic rings. The lowest BCUT2D eigenvalue weighted by molar-refractivity contribution is -0.137. The van der Waals surface area contributed by atoms with Crippen molar-refractivity contribution in [2.24, 2.45) is 0 Å². The lowest BCUT2D eigenvalue weighted by Gasteiger charge is -2.31. The number of rotatable bonds is 11. The molecule has 8 nitrogen and oxygen atoms in total. The smallest absolute Gasteiger partial charge is 0.275 e. The lowest BCUT2D eigenvalue weighted by Crippen LogP contribution is -2.40. The third kappa shape index (κ3) is 7.56. The summed E-state index contributed by atoms with van der Waals surface area (Å²) in [6.07, 6.45) is 1.54. The Morgan fingerprint density at radius 2 is 1.91 bits per heavy atom. The molecule has 1 aromatic heterocycles. The largest absolute Gasteiger partial charge is 0.382 e. The van der Waals surface area contributed by atoms with Crippen molar-refractivity contribution in [3.8, 4) is 0 Å². The Balaban J connectivity index is 1.41. The number of carbonyl (C=O) groups excluding carboxylic acids is 2. The number of ether oxygens (including phenoxy) is 3. The highest BCUT2D eigenvalue weighted by Gasteiger charge is 2.26. The van der Waals surface area contributed by atoms with Crippen molar-refractivity contribution in [3.05, 3.63) is 45.7 Å². The van der Waals surface area contributed by atoms with Crippen LogP contribution in [-0.2, 0) is 19.0 Å². The zero-order valence-corrected chi connectivity index (χ0v) is 19.8. The van der Waals surface area contributed by atoms with E-state index in [9.17, 15) is 14.0 Å². The molecule has 1 aromatic carbocycles. The van der Waals surface area contributed by atoms with Gasteiger partial charge < -0.3 is 24.4 Å². The van der Waals surface area contributed by atoms with E-state index in [1.807, 2.05) is 0 Å². The Kier molecular flexibility index (Phi) is 9.74. The first-order valence-electron chi connectivity index (χ1n) is 10.9. The Morgan fingerprint density at radius 1 is 1.18 bits per heavy atom. The molecule has 0 bridgehead atoms. The van der Waals surface area contributed by atoms with Gasteiger partial charge in [0.1, 0.15) is 18.1 Å². The molecular weight excluding hydrogens is 449 g/mol. The molecule has 1 aliphatic rings. The van der Waals surface area contributed by atoms with Gasteiger partial charge in [-0.1, -0.05) is 6.07 Å². The number of hydrogen-bond acceptors (Lipinski definition) is 7. The Hall–Kier alpha value is -2.40. The van der Waals surface area contributed by atoms with E-state index in [-0.39, 0.29) is 29.8 Å². The fourth-order valence-corrected chi connectivity index (χ4v) is 4.45. The minimum Gasteiger partial charge on any atom is -0.382 e. The van der Waals surface area contributed by atoms with Gasteiger partial charge in [0.05, 0.1) is 37.1 Å². The van der Waals surface area contributed by atoms with E-state index in [2.05, 4.69) is 10.3 Å².